The average Bonchev–Trinajstić information content (AvgIpc) is 1.55. The third kappa shape index (κ3) is 9.82. The second-order valence-electron chi connectivity index (χ2n) is 30.2. The molecular weight excluding hydrogens is 1380 g/mol. The van der Waals surface area contributed by atoms with Gasteiger partial charge in [0.05, 0.1) is 45.3 Å². The first kappa shape index (κ1) is 64.5. The molecule has 0 unspecified atom stereocenters. The SMILES string of the molecule is N#Cc1ccc2c3c1ccc1c(-c4ccc(-c5cc6c7ccccc7c(-c7ccc8ccccc8c7)cc6c6ccccc56)cc4)ccc(c13)n2-c1ccccc1.N#Cc1ccc2c3c1ccc1c(-c4ccc(-c5cc6c7ccccc7c(-c7cccc8ccccc78)cc6c6ccccc56)cc4)ccc(c13)n2-c1ccccc1. The van der Waals surface area contributed by atoms with Gasteiger partial charge in [-0.3, -0.25) is 0 Å². The fraction of sp³-hybridized carbons (Fsp3) is 0. The normalized spacial score (nSPS) is 11.8. The van der Waals surface area contributed by atoms with E-state index >= 15 is 0 Å². The average molecular weight is 1440 g/mol. The Hall–Kier alpha value is -15.5. The van der Waals surface area contributed by atoms with Gasteiger partial charge in [-0.2, -0.15) is 10.5 Å². The van der Waals surface area contributed by atoms with Crippen molar-refractivity contribution in [2.75, 3.05) is 0 Å². The van der Waals surface area contributed by atoms with E-state index in [-0.39, 0.29) is 0 Å². The van der Waals surface area contributed by atoms with Crippen LogP contribution in [0.2, 0.25) is 0 Å². The van der Waals surface area contributed by atoms with E-state index in [1.165, 1.54) is 163 Å². The molecule has 0 N–H and O–H groups in total. The van der Waals surface area contributed by atoms with Crippen molar-refractivity contribution in [2.45, 2.75) is 0 Å². The zero-order valence-corrected chi connectivity index (χ0v) is 61.7. The van der Waals surface area contributed by atoms with Gasteiger partial charge in [-0.25, -0.2) is 0 Å². The van der Waals surface area contributed by atoms with Crippen LogP contribution in [0.4, 0.5) is 0 Å². The van der Waals surface area contributed by atoms with E-state index in [1.807, 2.05) is 12.1 Å². The summed E-state index contributed by atoms with van der Waals surface area (Å²) in [5.74, 6) is 0. The summed E-state index contributed by atoms with van der Waals surface area (Å²) in [6.07, 6.45) is 0. The summed E-state index contributed by atoms with van der Waals surface area (Å²) in [6, 6.07) is 146. The molecule has 0 amide bonds. The summed E-state index contributed by atoms with van der Waals surface area (Å²) in [7, 11) is 0. The molecular formula is C110H64N4. The second kappa shape index (κ2) is 25.6. The van der Waals surface area contributed by atoms with Gasteiger partial charge in [0.25, 0.3) is 0 Å². The summed E-state index contributed by atoms with van der Waals surface area (Å²) < 4.78 is 4.66. The lowest BCUT2D eigenvalue weighted by Gasteiger charge is -2.17. The smallest absolute Gasteiger partial charge is 0.0998 e. The Balaban J connectivity index is 0.000000135. The van der Waals surface area contributed by atoms with Gasteiger partial charge in [0, 0.05) is 43.7 Å². The predicted octanol–water partition coefficient (Wildman–Crippen LogP) is 29.7. The molecule has 0 aliphatic rings. The molecule has 2 heterocycles. The van der Waals surface area contributed by atoms with E-state index < -0.39 is 0 Å². The highest BCUT2D eigenvalue weighted by atomic mass is 15.0. The summed E-state index contributed by atoms with van der Waals surface area (Å²) in [6.45, 7) is 0. The van der Waals surface area contributed by atoms with Gasteiger partial charge >= 0.3 is 0 Å². The monoisotopic (exact) mass is 1440 g/mol. The highest BCUT2D eigenvalue weighted by Crippen LogP contribution is 2.50. The number of hydrogen-bond donors (Lipinski definition) is 0. The van der Waals surface area contributed by atoms with Crippen molar-refractivity contribution in [3.8, 4) is 90.3 Å². The highest BCUT2D eigenvalue weighted by Gasteiger charge is 2.25. The third-order valence-corrected chi connectivity index (χ3v) is 24.4. The van der Waals surface area contributed by atoms with Crippen LogP contribution in [0.1, 0.15) is 11.1 Å². The maximum absolute atomic E-state index is 10.1. The quantitative estimate of drug-likeness (QED) is 0.142. The molecule has 114 heavy (non-hydrogen) atoms. The Kier molecular flexibility index (Phi) is 14.5. The van der Waals surface area contributed by atoms with Gasteiger partial charge in [0.1, 0.15) is 0 Å². The van der Waals surface area contributed by atoms with Gasteiger partial charge in [-0.15, -0.1) is 0 Å². The minimum absolute atomic E-state index is 0.700. The predicted molar refractivity (Wildman–Crippen MR) is 481 cm³/mol. The molecule has 0 bridgehead atoms. The number of fused-ring (bicyclic) bond motifs is 12. The van der Waals surface area contributed by atoms with Crippen LogP contribution in [-0.4, -0.2) is 9.13 Å². The van der Waals surface area contributed by atoms with Crippen molar-refractivity contribution >= 4 is 151 Å². The molecule has 0 atom stereocenters. The van der Waals surface area contributed by atoms with Gasteiger partial charge < -0.3 is 9.13 Å². The maximum atomic E-state index is 10.1. The molecule has 24 rings (SSSR count). The molecule has 0 saturated heterocycles. The van der Waals surface area contributed by atoms with Crippen molar-refractivity contribution in [3.05, 3.63) is 399 Å². The van der Waals surface area contributed by atoms with Gasteiger partial charge in [0.15, 0.2) is 0 Å². The van der Waals surface area contributed by atoms with Crippen molar-refractivity contribution in [1.29, 1.82) is 10.5 Å². The molecule has 4 heteroatoms. The first-order chi connectivity index (χ1) is 56.5. The minimum atomic E-state index is 0.700. The molecule has 22 aromatic carbocycles. The first-order valence-corrected chi connectivity index (χ1v) is 39.0. The van der Waals surface area contributed by atoms with Crippen LogP contribution >= 0.6 is 0 Å². The number of rotatable bonds is 8. The molecule has 0 aliphatic carbocycles. The second-order valence-corrected chi connectivity index (χ2v) is 30.2. The van der Waals surface area contributed by atoms with Gasteiger partial charge in [0.2, 0.25) is 0 Å². The molecule has 4 nitrogen and oxygen atoms in total. The zero-order valence-electron chi connectivity index (χ0n) is 61.7. The van der Waals surface area contributed by atoms with Crippen LogP contribution in [0, 0.1) is 22.7 Å². The van der Waals surface area contributed by atoms with Crippen molar-refractivity contribution in [1.82, 2.24) is 9.13 Å². The summed E-state index contributed by atoms with van der Waals surface area (Å²) in [4.78, 5) is 0. The van der Waals surface area contributed by atoms with E-state index in [4.69, 9.17) is 0 Å². The minimum Gasteiger partial charge on any atom is -0.309 e. The highest BCUT2D eigenvalue weighted by molar-refractivity contribution is 6.31. The van der Waals surface area contributed by atoms with Crippen LogP contribution in [0.15, 0.2) is 388 Å². The summed E-state index contributed by atoms with van der Waals surface area (Å²) in [5, 5.41) is 49.2. The van der Waals surface area contributed by atoms with Crippen LogP contribution in [0.25, 0.3) is 229 Å². The summed E-state index contributed by atoms with van der Waals surface area (Å²) >= 11 is 0. The fourth-order valence-electron chi connectivity index (χ4n) is 19.2. The third-order valence-electron chi connectivity index (χ3n) is 24.4. The molecule has 0 saturated carbocycles. The van der Waals surface area contributed by atoms with Crippen molar-refractivity contribution in [2.24, 2.45) is 0 Å². The van der Waals surface area contributed by atoms with Crippen LogP contribution in [0.5, 0.6) is 0 Å². The molecule has 0 fully saturated rings. The van der Waals surface area contributed by atoms with Crippen LogP contribution < -0.4 is 0 Å². The number of hydrogen-bond acceptors (Lipinski definition) is 2. The van der Waals surface area contributed by atoms with Crippen molar-refractivity contribution < 1.29 is 0 Å². The number of aromatic nitrogens is 2. The summed E-state index contributed by atoms with van der Waals surface area (Å²) in [5.41, 5.74) is 22.7. The van der Waals surface area contributed by atoms with E-state index in [1.54, 1.807) is 0 Å². The Morgan fingerprint density at radius 3 is 0.921 bits per heavy atom. The molecule has 24 aromatic rings. The number of nitriles is 2. The lowest BCUT2D eigenvalue weighted by atomic mass is 9.86. The van der Waals surface area contributed by atoms with Gasteiger partial charge in [-0.05, 0) is 255 Å². The Morgan fingerprint density at radius 1 is 0.167 bits per heavy atom. The molecule has 2 aromatic heterocycles. The molecule has 0 spiro atoms. The Bertz CT molecular complexity index is 8200. The lowest BCUT2D eigenvalue weighted by Crippen LogP contribution is -1.93. The standard InChI is InChI=1S/2C55H32N2/c56-33-39-24-28-52-54-42(39)25-26-47-41(27-29-53(55(47)54)57(52)40-12-2-1-3-13-40)35-19-21-36(22-20-35)48-31-50-46-17-9-7-15-44(46)49(32-51(50)45-16-8-6-14-43(45)48)38-23-18-34-10-4-5-11-37(34)30-38;56-33-37-25-29-52-54-41(37)26-27-47-40(28-30-53(55(47)54)57(52)38-13-2-1-3-14-38)35-21-23-36(24-22-35)48-31-50-46-19-9-8-18-45(46)49(32-51(50)44-17-7-6-16-43(44)48)42-20-10-12-34-11-4-5-15-39(34)42/h2*1-32H. The van der Waals surface area contributed by atoms with E-state index in [0.29, 0.717) is 11.1 Å². The fourth-order valence-corrected chi connectivity index (χ4v) is 19.2. The zero-order chi connectivity index (χ0) is 75.2. The topological polar surface area (TPSA) is 57.4 Å². The molecule has 0 aliphatic heterocycles. The maximum Gasteiger partial charge on any atom is 0.0998 e. The van der Waals surface area contributed by atoms with Crippen molar-refractivity contribution in [3.63, 3.8) is 0 Å². The number of benzene rings is 22. The lowest BCUT2D eigenvalue weighted by molar-refractivity contribution is 1.18. The number of para-hydroxylation sites is 2. The largest absolute Gasteiger partial charge is 0.309 e. The first-order valence-electron chi connectivity index (χ1n) is 39.0. The van der Waals surface area contributed by atoms with E-state index in [2.05, 4.69) is 397 Å². The van der Waals surface area contributed by atoms with Crippen LogP contribution in [0.3, 0.4) is 0 Å². The van der Waals surface area contributed by atoms with E-state index in [9.17, 15) is 10.5 Å². The molecule has 524 valence electrons. The number of nitrogens with zero attached hydrogens (tertiary/aromatic N) is 4. The molecule has 0 radical (unpaired) electrons. The van der Waals surface area contributed by atoms with Gasteiger partial charge in [-0.1, -0.05) is 297 Å². The van der Waals surface area contributed by atoms with E-state index in [0.717, 1.165) is 66.1 Å². The Labute approximate surface area is 656 Å². The van der Waals surface area contributed by atoms with Crippen LogP contribution in [-0.2, 0) is 0 Å². The Morgan fingerprint density at radius 2 is 0.482 bits per heavy atom.